The zero-order valence-electron chi connectivity index (χ0n) is 9.51. The molecule has 0 aliphatic rings. The van der Waals surface area contributed by atoms with Gasteiger partial charge >= 0.3 is 0 Å². The number of rotatable bonds is 2. The second-order valence-corrected chi connectivity index (χ2v) is 6.20. The molecule has 1 N–H and O–H groups in total. The third-order valence-electron chi connectivity index (χ3n) is 2.58. The highest BCUT2D eigenvalue weighted by atomic mass is 31.1. The van der Waals surface area contributed by atoms with Crippen LogP contribution in [-0.4, -0.2) is 18.4 Å². The molecular weight excluding hydrogens is 215 g/mol. The van der Waals surface area contributed by atoms with E-state index in [9.17, 15) is 5.11 Å². The Morgan fingerprint density at radius 2 is 1.38 bits per heavy atom. The molecule has 0 saturated heterocycles. The SMILES string of the molecule is CP(C)c1ccccc1-c1ccccc1O. The van der Waals surface area contributed by atoms with Gasteiger partial charge in [0.25, 0.3) is 0 Å². The van der Waals surface area contributed by atoms with E-state index < -0.39 is 0 Å². The lowest BCUT2D eigenvalue weighted by atomic mass is 10.0. The molecule has 2 aromatic carbocycles. The lowest BCUT2D eigenvalue weighted by molar-refractivity contribution is 0.477. The molecule has 0 fully saturated rings. The van der Waals surface area contributed by atoms with Crippen LogP contribution in [-0.2, 0) is 0 Å². The van der Waals surface area contributed by atoms with E-state index in [0.29, 0.717) is 5.75 Å². The van der Waals surface area contributed by atoms with Crippen molar-refractivity contribution in [1.82, 2.24) is 0 Å². The van der Waals surface area contributed by atoms with Crippen LogP contribution in [0.2, 0.25) is 0 Å². The van der Waals surface area contributed by atoms with Crippen LogP contribution < -0.4 is 5.30 Å². The number of para-hydroxylation sites is 1. The van der Waals surface area contributed by atoms with Crippen LogP contribution in [0.15, 0.2) is 48.5 Å². The molecule has 0 bridgehead atoms. The number of hydrogen-bond donors (Lipinski definition) is 1. The molecule has 0 spiro atoms. The van der Waals surface area contributed by atoms with Gasteiger partial charge in [0.05, 0.1) is 0 Å². The highest BCUT2D eigenvalue weighted by molar-refractivity contribution is 7.64. The second kappa shape index (κ2) is 4.67. The standard InChI is InChI=1S/C14H15OP/c1-16(2)14-10-6-4-8-12(14)11-7-3-5-9-13(11)15/h3-10,15H,1-2H3. The Hall–Kier alpha value is -1.33. The molecule has 16 heavy (non-hydrogen) atoms. The highest BCUT2D eigenvalue weighted by Crippen LogP contribution is 2.34. The van der Waals surface area contributed by atoms with Crippen LogP contribution >= 0.6 is 7.92 Å². The number of benzene rings is 2. The third-order valence-corrected chi connectivity index (χ3v) is 3.93. The van der Waals surface area contributed by atoms with Gasteiger partial charge in [-0.25, -0.2) is 0 Å². The lowest BCUT2D eigenvalue weighted by Gasteiger charge is -2.13. The topological polar surface area (TPSA) is 20.2 Å². The first-order valence-corrected chi connectivity index (χ1v) is 7.48. The fourth-order valence-electron chi connectivity index (χ4n) is 1.79. The molecule has 0 radical (unpaired) electrons. The average molecular weight is 230 g/mol. The summed E-state index contributed by atoms with van der Waals surface area (Å²) >= 11 is 0. The van der Waals surface area contributed by atoms with Crippen molar-refractivity contribution in [3.05, 3.63) is 48.5 Å². The molecule has 2 aromatic rings. The summed E-state index contributed by atoms with van der Waals surface area (Å²) in [6.45, 7) is 4.46. The van der Waals surface area contributed by atoms with Crippen LogP contribution in [0.5, 0.6) is 5.75 Å². The van der Waals surface area contributed by atoms with Crippen LogP contribution in [0.3, 0.4) is 0 Å². The molecule has 1 nitrogen and oxygen atoms in total. The van der Waals surface area contributed by atoms with Crippen molar-refractivity contribution in [1.29, 1.82) is 0 Å². The minimum absolute atomic E-state index is 0.163. The third kappa shape index (κ3) is 2.10. The van der Waals surface area contributed by atoms with Crippen LogP contribution in [0, 0.1) is 0 Å². The first-order chi connectivity index (χ1) is 7.70. The number of aromatic hydroxyl groups is 1. The molecule has 0 atom stereocenters. The summed E-state index contributed by atoms with van der Waals surface area (Å²) < 4.78 is 0. The normalized spacial score (nSPS) is 10.7. The first-order valence-electron chi connectivity index (χ1n) is 5.25. The Labute approximate surface area is 97.5 Å². The summed E-state index contributed by atoms with van der Waals surface area (Å²) in [5.74, 6) is 0.354. The van der Waals surface area contributed by atoms with E-state index in [1.807, 2.05) is 24.3 Å². The molecule has 0 unspecified atom stereocenters. The Balaban J connectivity index is 2.60. The smallest absolute Gasteiger partial charge is 0.123 e. The molecular formula is C14H15OP. The molecule has 82 valence electrons. The Morgan fingerprint density at radius 1 is 0.812 bits per heavy atom. The number of phenols is 1. The largest absolute Gasteiger partial charge is 0.507 e. The van der Waals surface area contributed by atoms with Gasteiger partial charge in [-0.05, 0) is 30.3 Å². The van der Waals surface area contributed by atoms with Gasteiger partial charge in [0.1, 0.15) is 5.75 Å². The molecule has 0 aromatic heterocycles. The number of hydrogen-bond acceptors (Lipinski definition) is 1. The van der Waals surface area contributed by atoms with E-state index in [1.165, 1.54) is 5.30 Å². The van der Waals surface area contributed by atoms with Crippen molar-refractivity contribution in [3.8, 4) is 16.9 Å². The van der Waals surface area contributed by atoms with E-state index >= 15 is 0 Å². The van der Waals surface area contributed by atoms with E-state index in [0.717, 1.165) is 11.1 Å². The highest BCUT2D eigenvalue weighted by Gasteiger charge is 2.09. The molecule has 2 heteroatoms. The van der Waals surface area contributed by atoms with Crippen LogP contribution in [0.4, 0.5) is 0 Å². The fourth-order valence-corrected chi connectivity index (χ4v) is 2.85. The second-order valence-electron chi connectivity index (χ2n) is 3.93. The molecule has 0 saturated carbocycles. The summed E-state index contributed by atoms with van der Waals surface area (Å²) in [4.78, 5) is 0. The molecule has 0 aliphatic carbocycles. The van der Waals surface area contributed by atoms with Gasteiger partial charge in [-0.3, -0.25) is 0 Å². The van der Waals surface area contributed by atoms with Gasteiger partial charge in [0.2, 0.25) is 0 Å². The van der Waals surface area contributed by atoms with Crippen molar-refractivity contribution in [2.45, 2.75) is 0 Å². The Kier molecular flexibility index (Phi) is 3.26. The van der Waals surface area contributed by atoms with E-state index in [1.54, 1.807) is 6.07 Å². The van der Waals surface area contributed by atoms with Gasteiger partial charge in [-0.15, -0.1) is 0 Å². The molecule has 0 aliphatic heterocycles. The lowest BCUT2D eigenvalue weighted by Crippen LogP contribution is -2.03. The van der Waals surface area contributed by atoms with Crippen molar-refractivity contribution in [3.63, 3.8) is 0 Å². The quantitative estimate of drug-likeness (QED) is 0.784. The maximum atomic E-state index is 9.88. The van der Waals surface area contributed by atoms with Gasteiger partial charge < -0.3 is 5.11 Å². The average Bonchev–Trinajstić information content (AvgIpc) is 2.29. The molecule has 0 heterocycles. The van der Waals surface area contributed by atoms with Crippen molar-refractivity contribution >= 4 is 13.2 Å². The minimum atomic E-state index is -0.163. The van der Waals surface area contributed by atoms with Gasteiger partial charge in [-0.2, -0.15) is 0 Å². The first kappa shape index (κ1) is 11.2. The maximum Gasteiger partial charge on any atom is 0.123 e. The molecule has 2 rings (SSSR count). The monoisotopic (exact) mass is 230 g/mol. The van der Waals surface area contributed by atoms with Gasteiger partial charge in [0.15, 0.2) is 0 Å². The van der Waals surface area contributed by atoms with Crippen LogP contribution in [0.1, 0.15) is 0 Å². The predicted molar refractivity (Wildman–Crippen MR) is 71.9 cm³/mol. The summed E-state index contributed by atoms with van der Waals surface area (Å²) in [7, 11) is -0.163. The van der Waals surface area contributed by atoms with E-state index in [2.05, 4.69) is 31.5 Å². The fraction of sp³-hybridized carbons (Fsp3) is 0.143. The van der Waals surface area contributed by atoms with Crippen molar-refractivity contribution in [2.75, 3.05) is 13.3 Å². The van der Waals surface area contributed by atoms with Crippen LogP contribution in [0.25, 0.3) is 11.1 Å². The van der Waals surface area contributed by atoms with Gasteiger partial charge in [-0.1, -0.05) is 50.4 Å². The predicted octanol–water partition coefficient (Wildman–Crippen LogP) is 3.43. The summed E-state index contributed by atoms with van der Waals surface area (Å²) in [6, 6.07) is 15.8. The van der Waals surface area contributed by atoms with Crippen molar-refractivity contribution in [2.24, 2.45) is 0 Å². The van der Waals surface area contributed by atoms with E-state index in [4.69, 9.17) is 0 Å². The Bertz CT molecular complexity index is 492. The van der Waals surface area contributed by atoms with Gasteiger partial charge in [0, 0.05) is 5.56 Å². The van der Waals surface area contributed by atoms with E-state index in [-0.39, 0.29) is 7.92 Å². The van der Waals surface area contributed by atoms with Crippen molar-refractivity contribution < 1.29 is 5.11 Å². The Morgan fingerprint density at radius 3 is 2.00 bits per heavy atom. The minimum Gasteiger partial charge on any atom is -0.507 e. The zero-order chi connectivity index (χ0) is 11.5. The zero-order valence-corrected chi connectivity index (χ0v) is 10.4. The maximum absolute atomic E-state index is 9.88. The number of phenolic OH excluding ortho intramolecular Hbond substituents is 1. The summed E-state index contributed by atoms with van der Waals surface area (Å²) in [6.07, 6.45) is 0. The molecule has 0 amide bonds. The summed E-state index contributed by atoms with van der Waals surface area (Å²) in [5.41, 5.74) is 2.08. The summed E-state index contributed by atoms with van der Waals surface area (Å²) in [5, 5.41) is 11.2.